The highest BCUT2D eigenvalue weighted by atomic mass is 16.6. The van der Waals surface area contributed by atoms with Crippen molar-refractivity contribution in [3.8, 4) is 0 Å². The molecule has 96 valence electrons. The van der Waals surface area contributed by atoms with Crippen molar-refractivity contribution in [2.75, 3.05) is 26.8 Å². The molecule has 0 aromatic carbocycles. The molecule has 1 aliphatic carbocycles. The fraction of sp³-hybridized carbons (Fsp3) is 0.833. The van der Waals surface area contributed by atoms with Gasteiger partial charge in [-0.15, -0.1) is 0 Å². The number of esters is 2. The van der Waals surface area contributed by atoms with Gasteiger partial charge in [0.1, 0.15) is 0 Å². The molecule has 1 saturated carbocycles. The van der Waals surface area contributed by atoms with Crippen LogP contribution in [0.3, 0.4) is 0 Å². The molecular formula is C12H19NO4. The summed E-state index contributed by atoms with van der Waals surface area (Å²) in [5, 5.41) is 0. The third kappa shape index (κ3) is 3.43. The van der Waals surface area contributed by atoms with Crippen LogP contribution in [0.1, 0.15) is 25.7 Å². The van der Waals surface area contributed by atoms with Crippen molar-refractivity contribution in [2.45, 2.75) is 31.7 Å². The number of methoxy groups -OCH3 is 1. The van der Waals surface area contributed by atoms with E-state index in [-0.39, 0.29) is 18.5 Å². The van der Waals surface area contributed by atoms with Gasteiger partial charge in [-0.3, -0.25) is 9.69 Å². The fourth-order valence-electron chi connectivity index (χ4n) is 2.28. The van der Waals surface area contributed by atoms with E-state index in [1.165, 1.54) is 20.0 Å². The average molecular weight is 241 g/mol. The number of ether oxygens (including phenoxy) is 2. The summed E-state index contributed by atoms with van der Waals surface area (Å²) >= 11 is 0. The number of rotatable bonds is 4. The standard InChI is InChI=1S/C12H19NO4/c1-16-11(14)8-17-12(15)9-3-2-6-13(7-9)10-4-5-10/h9-10H,2-8H2,1H3. The van der Waals surface area contributed by atoms with Crippen LogP contribution in [0.2, 0.25) is 0 Å². The third-order valence-electron chi connectivity index (χ3n) is 3.41. The van der Waals surface area contributed by atoms with Crippen molar-refractivity contribution >= 4 is 11.9 Å². The highest BCUT2D eigenvalue weighted by molar-refractivity contribution is 5.77. The van der Waals surface area contributed by atoms with Gasteiger partial charge in [0.25, 0.3) is 0 Å². The van der Waals surface area contributed by atoms with Gasteiger partial charge in [-0.05, 0) is 32.2 Å². The molecule has 2 rings (SSSR count). The largest absolute Gasteiger partial charge is 0.466 e. The van der Waals surface area contributed by atoms with E-state index >= 15 is 0 Å². The molecule has 0 radical (unpaired) electrons. The molecule has 0 aromatic heterocycles. The number of carbonyl (C=O) groups excluding carboxylic acids is 2. The summed E-state index contributed by atoms with van der Waals surface area (Å²) in [7, 11) is 1.28. The number of likely N-dealkylation sites (tertiary alicyclic amines) is 1. The summed E-state index contributed by atoms with van der Waals surface area (Å²) < 4.78 is 9.37. The predicted octanol–water partition coefficient (Wildman–Crippen LogP) is 0.577. The molecule has 5 nitrogen and oxygen atoms in total. The Morgan fingerprint density at radius 2 is 2.06 bits per heavy atom. The molecule has 1 unspecified atom stereocenters. The first kappa shape index (κ1) is 12.4. The number of piperidine rings is 1. The van der Waals surface area contributed by atoms with Crippen LogP contribution in [0.4, 0.5) is 0 Å². The quantitative estimate of drug-likeness (QED) is 0.674. The Morgan fingerprint density at radius 1 is 1.29 bits per heavy atom. The third-order valence-corrected chi connectivity index (χ3v) is 3.41. The minimum Gasteiger partial charge on any atom is -0.466 e. The Bertz CT molecular complexity index is 301. The van der Waals surface area contributed by atoms with E-state index in [4.69, 9.17) is 4.74 Å². The molecule has 0 N–H and O–H groups in total. The van der Waals surface area contributed by atoms with Gasteiger partial charge in [0, 0.05) is 12.6 Å². The Kier molecular flexibility index (Phi) is 3.99. The average Bonchev–Trinajstić information content (AvgIpc) is 3.20. The van der Waals surface area contributed by atoms with E-state index < -0.39 is 5.97 Å². The van der Waals surface area contributed by atoms with Crippen LogP contribution < -0.4 is 0 Å². The minimum absolute atomic E-state index is 0.0750. The molecule has 1 heterocycles. The van der Waals surface area contributed by atoms with E-state index in [1.807, 2.05) is 0 Å². The SMILES string of the molecule is COC(=O)COC(=O)C1CCCN(C2CC2)C1. The van der Waals surface area contributed by atoms with Gasteiger partial charge < -0.3 is 9.47 Å². The second-order valence-corrected chi connectivity index (χ2v) is 4.75. The molecule has 17 heavy (non-hydrogen) atoms. The first-order chi connectivity index (χ1) is 8.20. The van der Waals surface area contributed by atoms with E-state index in [2.05, 4.69) is 9.64 Å². The van der Waals surface area contributed by atoms with Crippen LogP contribution in [-0.4, -0.2) is 49.7 Å². The Morgan fingerprint density at radius 3 is 2.71 bits per heavy atom. The van der Waals surface area contributed by atoms with Crippen LogP contribution in [0, 0.1) is 5.92 Å². The Balaban J connectivity index is 1.75. The van der Waals surface area contributed by atoms with E-state index in [0.717, 1.165) is 25.9 Å². The lowest BCUT2D eigenvalue weighted by Crippen LogP contribution is -2.40. The molecule has 0 aromatic rings. The maximum atomic E-state index is 11.8. The second-order valence-electron chi connectivity index (χ2n) is 4.75. The highest BCUT2D eigenvalue weighted by Crippen LogP contribution is 2.31. The summed E-state index contributed by atoms with van der Waals surface area (Å²) in [6.07, 6.45) is 4.41. The van der Waals surface area contributed by atoms with Crippen molar-refractivity contribution in [3.05, 3.63) is 0 Å². The summed E-state index contributed by atoms with van der Waals surface area (Å²) in [4.78, 5) is 25.0. The second kappa shape index (κ2) is 5.49. The zero-order chi connectivity index (χ0) is 12.3. The topological polar surface area (TPSA) is 55.8 Å². The van der Waals surface area contributed by atoms with Crippen LogP contribution in [0.5, 0.6) is 0 Å². The van der Waals surface area contributed by atoms with Gasteiger partial charge in [0.2, 0.25) is 0 Å². The zero-order valence-corrected chi connectivity index (χ0v) is 10.2. The van der Waals surface area contributed by atoms with Crippen LogP contribution in [0.25, 0.3) is 0 Å². The predicted molar refractivity (Wildman–Crippen MR) is 60.3 cm³/mol. The summed E-state index contributed by atoms with van der Waals surface area (Å²) in [6, 6.07) is 0.686. The van der Waals surface area contributed by atoms with Crippen molar-refractivity contribution in [1.82, 2.24) is 4.90 Å². The Labute approximate surface area is 101 Å². The smallest absolute Gasteiger partial charge is 0.344 e. The van der Waals surface area contributed by atoms with E-state index in [1.54, 1.807) is 0 Å². The summed E-state index contributed by atoms with van der Waals surface area (Å²) in [5.74, 6) is -0.844. The van der Waals surface area contributed by atoms with E-state index in [9.17, 15) is 9.59 Å². The zero-order valence-electron chi connectivity index (χ0n) is 10.2. The van der Waals surface area contributed by atoms with Crippen LogP contribution in [-0.2, 0) is 19.1 Å². The first-order valence-electron chi connectivity index (χ1n) is 6.18. The molecular weight excluding hydrogens is 222 g/mol. The molecule has 2 aliphatic rings. The molecule has 1 atom stereocenters. The van der Waals surface area contributed by atoms with Crippen molar-refractivity contribution in [1.29, 1.82) is 0 Å². The van der Waals surface area contributed by atoms with Crippen molar-refractivity contribution in [3.63, 3.8) is 0 Å². The molecule has 2 fully saturated rings. The van der Waals surface area contributed by atoms with Crippen LogP contribution in [0.15, 0.2) is 0 Å². The number of nitrogens with zero attached hydrogens (tertiary/aromatic N) is 1. The molecule has 1 aliphatic heterocycles. The molecule has 0 bridgehead atoms. The highest BCUT2D eigenvalue weighted by Gasteiger charge is 2.35. The van der Waals surface area contributed by atoms with Gasteiger partial charge in [0.15, 0.2) is 6.61 Å². The fourth-order valence-corrected chi connectivity index (χ4v) is 2.28. The van der Waals surface area contributed by atoms with Gasteiger partial charge in [0.05, 0.1) is 13.0 Å². The number of carbonyl (C=O) groups is 2. The molecule has 0 amide bonds. The maximum Gasteiger partial charge on any atom is 0.344 e. The van der Waals surface area contributed by atoms with Crippen molar-refractivity contribution in [2.24, 2.45) is 5.92 Å². The van der Waals surface area contributed by atoms with Gasteiger partial charge in [-0.25, -0.2) is 4.79 Å². The summed E-state index contributed by atoms with van der Waals surface area (Å²) in [6.45, 7) is 1.60. The number of hydrogen-bond donors (Lipinski definition) is 0. The van der Waals surface area contributed by atoms with E-state index in [0.29, 0.717) is 6.04 Å². The lowest BCUT2D eigenvalue weighted by molar-refractivity contribution is -0.161. The lowest BCUT2D eigenvalue weighted by Gasteiger charge is -2.31. The normalized spacial score (nSPS) is 25.4. The number of hydrogen-bond acceptors (Lipinski definition) is 5. The molecule has 0 spiro atoms. The van der Waals surface area contributed by atoms with Gasteiger partial charge in [-0.1, -0.05) is 0 Å². The first-order valence-corrected chi connectivity index (χ1v) is 6.18. The van der Waals surface area contributed by atoms with Gasteiger partial charge in [-0.2, -0.15) is 0 Å². The van der Waals surface area contributed by atoms with Gasteiger partial charge >= 0.3 is 11.9 Å². The molecule has 1 saturated heterocycles. The van der Waals surface area contributed by atoms with Crippen LogP contribution >= 0.6 is 0 Å². The lowest BCUT2D eigenvalue weighted by atomic mass is 9.98. The Hall–Kier alpha value is -1.10. The molecule has 5 heteroatoms. The summed E-state index contributed by atoms with van der Waals surface area (Å²) in [5.41, 5.74) is 0. The monoisotopic (exact) mass is 241 g/mol. The maximum absolute atomic E-state index is 11.8. The minimum atomic E-state index is -0.506. The van der Waals surface area contributed by atoms with Crippen molar-refractivity contribution < 1.29 is 19.1 Å².